The third-order valence-electron chi connectivity index (χ3n) is 5.82. The maximum atomic E-state index is 12.5. The molecule has 0 fully saturated rings. The first-order chi connectivity index (χ1) is 18.4. The van der Waals surface area contributed by atoms with E-state index in [0.29, 0.717) is 39.7 Å². The normalized spacial score (nSPS) is 11.2. The Kier molecular flexibility index (Phi) is 6.92. The molecule has 190 valence electrons. The molecule has 0 aliphatic carbocycles. The van der Waals surface area contributed by atoms with Crippen LogP contribution in [0.1, 0.15) is 21.7 Å². The number of carbonyl (C=O) groups is 1. The third-order valence-corrected chi connectivity index (χ3v) is 6.10. The van der Waals surface area contributed by atoms with Crippen LogP contribution in [0.15, 0.2) is 88.4 Å². The van der Waals surface area contributed by atoms with Gasteiger partial charge in [-0.3, -0.25) is 14.9 Å². The van der Waals surface area contributed by atoms with E-state index in [4.69, 9.17) is 25.5 Å². The number of benzene rings is 4. The monoisotopic (exact) mass is 529 g/mol. The van der Waals surface area contributed by atoms with Crippen LogP contribution in [0.4, 0.5) is 5.69 Å². The molecule has 0 saturated carbocycles. The molecule has 1 N–H and O–H groups in total. The first-order valence-electron chi connectivity index (χ1n) is 11.4. The highest BCUT2D eigenvalue weighted by atomic mass is 35.5. The van der Waals surface area contributed by atoms with E-state index in [2.05, 4.69) is 10.5 Å². The van der Waals surface area contributed by atoms with Gasteiger partial charge in [0.1, 0.15) is 12.2 Å². The summed E-state index contributed by atoms with van der Waals surface area (Å²) >= 11 is 6.50. The lowest BCUT2D eigenvalue weighted by Gasteiger charge is -2.14. The molecule has 5 aromatic rings. The second-order valence-corrected chi connectivity index (χ2v) is 8.66. The Morgan fingerprint density at radius 2 is 1.89 bits per heavy atom. The van der Waals surface area contributed by atoms with Crippen molar-refractivity contribution in [1.82, 2.24) is 5.43 Å². The summed E-state index contributed by atoms with van der Waals surface area (Å²) in [4.78, 5) is 22.9. The predicted molar refractivity (Wildman–Crippen MR) is 144 cm³/mol. The van der Waals surface area contributed by atoms with Crippen LogP contribution in [0, 0.1) is 10.1 Å². The number of fused-ring (bicyclic) bond motifs is 2. The minimum atomic E-state index is -0.617. The number of hydrogen-bond donors (Lipinski definition) is 1. The zero-order valence-electron chi connectivity index (χ0n) is 20.0. The van der Waals surface area contributed by atoms with Crippen LogP contribution in [0.5, 0.6) is 11.5 Å². The molecular formula is C28H20ClN3O6. The minimum absolute atomic E-state index is 0.0366. The average Bonchev–Trinajstić information content (AvgIpc) is 3.36. The van der Waals surface area contributed by atoms with Crippen LogP contribution < -0.4 is 14.9 Å². The average molecular weight is 530 g/mol. The van der Waals surface area contributed by atoms with Gasteiger partial charge < -0.3 is 13.9 Å². The smallest absolute Gasteiger partial charge is 0.307 e. The summed E-state index contributed by atoms with van der Waals surface area (Å²) in [5.74, 6) is 0.141. The number of nitro groups is 1. The number of hydrazone groups is 1. The summed E-state index contributed by atoms with van der Waals surface area (Å²) in [6.07, 6.45) is 1.40. The minimum Gasteiger partial charge on any atom is -0.493 e. The molecule has 0 saturated heterocycles. The van der Waals surface area contributed by atoms with E-state index in [1.165, 1.54) is 37.6 Å². The molecule has 4 aromatic carbocycles. The standard InChI is InChI=1S/C28H20ClN3O6/c1-36-25-12-17(11-23(29)27(25)37-16-19-7-4-6-18-5-2-3-8-22(18)19)15-30-31-28(33)26-14-20-13-21(32(34)35)9-10-24(20)38-26/h2-15H,16H2,1H3,(H,31,33)/b30-15+. The van der Waals surface area contributed by atoms with Crippen LogP contribution in [0.25, 0.3) is 21.7 Å². The van der Waals surface area contributed by atoms with Crippen molar-refractivity contribution in [3.05, 3.63) is 111 Å². The molecule has 1 heterocycles. The van der Waals surface area contributed by atoms with Crippen molar-refractivity contribution in [3.63, 3.8) is 0 Å². The summed E-state index contributed by atoms with van der Waals surface area (Å²) in [5.41, 5.74) is 4.19. The third kappa shape index (κ3) is 5.14. The summed E-state index contributed by atoms with van der Waals surface area (Å²) in [7, 11) is 1.51. The van der Waals surface area contributed by atoms with E-state index in [-0.39, 0.29) is 11.4 Å². The highest BCUT2D eigenvalue weighted by Crippen LogP contribution is 2.37. The Morgan fingerprint density at radius 1 is 1.08 bits per heavy atom. The van der Waals surface area contributed by atoms with E-state index < -0.39 is 10.8 Å². The van der Waals surface area contributed by atoms with Gasteiger partial charge in [-0.1, -0.05) is 54.1 Å². The van der Waals surface area contributed by atoms with Gasteiger partial charge in [-0.15, -0.1) is 0 Å². The van der Waals surface area contributed by atoms with Crippen molar-refractivity contribution in [2.75, 3.05) is 7.11 Å². The van der Waals surface area contributed by atoms with Gasteiger partial charge in [-0.05, 0) is 46.2 Å². The molecule has 9 nitrogen and oxygen atoms in total. The fourth-order valence-electron chi connectivity index (χ4n) is 4.00. The molecule has 10 heteroatoms. The zero-order valence-corrected chi connectivity index (χ0v) is 20.8. The van der Waals surface area contributed by atoms with Gasteiger partial charge in [0.15, 0.2) is 17.3 Å². The van der Waals surface area contributed by atoms with Crippen LogP contribution in [0.2, 0.25) is 5.02 Å². The number of furan rings is 1. The molecule has 0 unspecified atom stereocenters. The van der Waals surface area contributed by atoms with Crippen molar-refractivity contribution in [2.45, 2.75) is 6.61 Å². The zero-order chi connectivity index (χ0) is 26.6. The van der Waals surface area contributed by atoms with Crippen molar-refractivity contribution < 1.29 is 23.6 Å². The number of nitrogens with zero attached hydrogens (tertiary/aromatic N) is 2. The summed E-state index contributed by atoms with van der Waals surface area (Å²) in [6.45, 7) is 0.293. The molecular weight excluding hydrogens is 510 g/mol. The Bertz CT molecular complexity index is 1710. The number of methoxy groups -OCH3 is 1. The van der Waals surface area contributed by atoms with Gasteiger partial charge >= 0.3 is 5.91 Å². The largest absolute Gasteiger partial charge is 0.493 e. The second-order valence-electron chi connectivity index (χ2n) is 8.25. The van der Waals surface area contributed by atoms with Gasteiger partial charge in [0.25, 0.3) is 5.69 Å². The lowest BCUT2D eigenvalue weighted by atomic mass is 10.1. The molecule has 38 heavy (non-hydrogen) atoms. The molecule has 0 aliphatic heterocycles. The number of nitro benzene ring substituents is 1. The molecule has 0 atom stereocenters. The second kappa shape index (κ2) is 10.6. The Balaban J connectivity index is 1.29. The highest BCUT2D eigenvalue weighted by molar-refractivity contribution is 6.32. The number of amides is 1. The predicted octanol–water partition coefficient (Wildman–Crippen LogP) is 6.50. The first-order valence-corrected chi connectivity index (χ1v) is 11.8. The number of non-ortho nitro benzene ring substituents is 1. The molecule has 0 aliphatic rings. The molecule has 5 rings (SSSR count). The lowest BCUT2D eigenvalue weighted by molar-refractivity contribution is -0.384. The maximum absolute atomic E-state index is 12.5. The molecule has 0 radical (unpaired) electrons. The fourth-order valence-corrected chi connectivity index (χ4v) is 4.27. The Hall–Kier alpha value is -4.89. The van der Waals surface area contributed by atoms with Gasteiger partial charge in [0.2, 0.25) is 0 Å². The number of hydrogen-bond acceptors (Lipinski definition) is 7. The van der Waals surface area contributed by atoms with Crippen molar-refractivity contribution in [3.8, 4) is 11.5 Å². The lowest BCUT2D eigenvalue weighted by Crippen LogP contribution is -2.16. The van der Waals surface area contributed by atoms with Gasteiger partial charge in [-0.25, -0.2) is 5.43 Å². The fraction of sp³-hybridized carbons (Fsp3) is 0.0714. The summed E-state index contributed by atoms with van der Waals surface area (Å²) in [5, 5.41) is 17.9. The van der Waals surface area contributed by atoms with E-state index in [9.17, 15) is 14.9 Å². The van der Waals surface area contributed by atoms with E-state index in [0.717, 1.165) is 16.3 Å². The first kappa shape index (κ1) is 24.8. The Morgan fingerprint density at radius 3 is 2.71 bits per heavy atom. The highest BCUT2D eigenvalue weighted by Gasteiger charge is 2.15. The molecule has 1 amide bonds. The molecule has 0 spiro atoms. The SMILES string of the molecule is COc1cc(/C=N/NC(=O)c2cc3cc([N+](=O)[O-])ccc3o2)cc(Cl)c1OCc1cccc2ccccc12. The number of carbonyl (C=O) groups excluding carboxylic acids is 1. The maximum Gasteiger partial charge on any atom is 0.307 e. The van der Waals surface area contributed by atoms with Crippen LogP contribution >= 0.6 is 11.6 Å². The number of rotatable bonds is 8. The van der Waals surface area contributed by atoms with Gasteiger partial charge in [-0.2, -0.15) is 5.10 Å². The van der Waals surface area contributed by atoms with Crippen molar-refractivity contribution in [2.24, 2.45) is 5.10 Å². The van der Waals surface area contributed by atoms with Crippen molar-refractivity contribution in [1.29, 1.82) is 0 Å². The van der Waals surface area contributed by atoms with Crippen LogP contribution in [0.3, 0.4) is 0 Å². The molecule has 0 bridgehead atoms. The number of halogens is 1. The number of nitrogens with one attached hydrogen (secondary N) is 1. The van der Waals surface area contributed by atoms with E-state index in [1.807, 2.05) is 42.5 Å². The number of ether oxygens (including phenoxy) is 2. The Labute approximate surface area is 221 Å². The van der Waals surface area contributed by atoms with Gasteiger partial charge in [0.05, 0.1) is 23.3 Å². The molecule has 1 aromatic heterocycles. The summed E-state index contributed by atoms with van der Waals surface area (Å²) < 4.78 is 17.0. The van der Waals surface area contributed by atoms with E-state index in [1.54, 1.807) is 12.1 Å². The van der Waals surface area contributed by atoms with Crippen LogP contribution in [-0.2, 0) is 6.61 Å². The van der Waals surface area contributed by atoms with E-state index >= 15 is 0 Å². The van der Waals surface area contributed by atoms with Gasteiger partial charge in [0, 0.05) is 17.5 Å². The quantitative estimate of drug-likeness (QED) is 0.139. The summed E-state index contributed by atoms with van der Waals surface area (Å²) in [6, 6.07) is 22.9. The van der Waals surface area contributed by atoms with Crippen molar-refractivity contribution >= 4 is 51.2 Å². The van der Waals surface area contributed by atoms with Crippen LogP contribution in [-0.4, -0.2) is 24.2 Å². The topological polar surface area (TPSA) is 116 Å².